The second-order valence-electron chi connectivity index (χ2n) is 5.59. The van der Waals surface area contributed by atoms with E-state index < -0.39 is 11.7 Å². The van der Waals surface area contributed by atoms with Gasteiger partial charge in [-0.05, 0) is 40.5 Å². The van der Waals surface area contributed by atoms with Gasteiger partial charge in [0, 0.05) is 12.6 Å². The first-order valence-corrected chi connectivity index (χ1v) is 5.93. The lowest BCUT2D eigenvalue weighted by atomic mass is 9.93. The molecule has 98 valence electrons. The molecule has 0 aliphatic carbocycles. The van der Waals surface area contributed by atoms with Crippen molar-refractivity contribution in [3.05, 3.63) is 0 Å². The topological polar surface area (TPSA) is 66.8 Å². The number of esters is 1. The van der Waals surface area contributed by atoms with E-state index in [0.29, 0.717) is 12.8 Å². The standard InChI is InChI=1S/C12H21NO4/c1-8-5-6-9(7-13(8)11(15)16)10(14)17-12(2,3)4/h8-9H,5-7H2,1-4H3,(H,15,16). The first-order chi connectivity index (χ1) is 7.70. The van der Waals surface area contributed by atoms with E-state index in [-0.39, 0.29) is 24.5 Å². The number of rotatable bonds is 1. The molecule has 1 N–H and O–H groups in total. The summed E-state index contributed by atoms with van der Waals surface area (Å²) in [5.74, 6) is -0.628. The molecular weight excluding hydrogens is 222 g/mol. The van der Waals surface area contributed by atoms with Gasteiger partial charge in [-0.25, -0.2) is 4.79 Å². The van der Waals surface area contributed by atoms with Crippen molar-refractivity contribution in [2.24, 2.45) is 5.92 Å². The van der Waals surface area contributed by atoms with Crippen LogP contribution in [-0.2, 0) is 9.53 Å². The second kappa shape index (κ2) is 4.94. The summed E-state index contributed by atoms with van der Waals surface area (Å²) in [4.78, 5) is 24.2. The van der Waals surface area contributed by atoms with Crippen LogP contribution in [0.3, 0.4) is 0 Å². The fourth-order valence-corrected chi connectivity index (χ4v) is 1.95. The minimum Gasteiger partial charge on any atom is -0.465 e. The molecule has 2 unspecified atom stereocenters. The zero-order chi connectivity index (χ0) is 13.2. The molecule has 1 saturated heterocycles. The largest absolute Gasteiger partial charge is 0.465 e. The molecule has 0 aromatic carbocycles. The quantitative estimate of drug-likeness (QED) is 0.716. The van der Waals surface area contributed by atoms with E-state index in [1.807, 2.05) is 27.7 Å². The van der Waals surface area contributed by atoms with Crippen molar-refractivity contribution in [2.75, 3.05) is 6.54 Å². The number of likely N-dealkylation sites (tertiary alicyclic amines) is 1. The lowest BCUT2D eigenvalue weighted by Crippen LogP contribution is -2.47. The fourth-order valence-electron chi connectivity index (χ4n) is 1.95. The summed E-state index contributed by atoms with van der Waals surface area (Å²) in [5.41, 5.74) is -0.520. The number of hydrogen-bond acceptors (Lipinski definition) is 3. The van der Waals surface area contributed by atoms with Gasteiger partial charge in [-0.3, -0.25) is 4.79 Å². The molecule has 1 amide bonds. The minimum atomic E-state index is -0.967. The monoisotopic (exact) mass is 243 g/mol. The summed E-state index contributed by atoms with van der Waals surface area (Å²) in [5, 5.41) is 9.01. The smallest absolute Gasteiger partial charge is 0.407 e. The number of carboxylic acid groups (broad SMARTS) is 1. The van der Waals surface area contributed by atoms with Crippen LogP contribution < -0.4 is 0 Å². The molecule has 2 atom stereocenters. The van der Waals surface area contributed by atoms with Crippen molar-refractivity contribution in [3.8, 4) is 0 Å². The maximum Gasteiger partial charge on any atom is 0.407 e. The van der Waals surface area contributed by atoms with E-state index in [1.165, 1.54) is 4.90 Å². The van der Waals surface area contributed by atoms with Gasteiger partial charge in [0.25, 0.3) is 0 Å². The van der Waals surface area contributed by atoms with Crippen molar-refractivity contribution >= 4 is 12.1 Å². The Balaban J connectivity index is 2.62. The highest BCUT2D eigenvalue weighted by Gasteiger charge is 2.34. The third kappa shape index (κ3) is 3.91. The average molecular weight is 243 g/mol. The Hall–Kier alpha value is -1.26. The molecule has 1 aliphatic rings. The molecule has 0 saturated carbocycles. The molecule has 0 aromatic rings. The van der Waals surface area contributed by atoms with E-state index >= 15 is 0 Å². The number of piperidine rings is 1. The van der Waals surface area contributed by atoms with Gasteiger partial charge in [0.2, 0.25) is 0 Å². The van der Waals surface area contributed by atoms with E-state index in [0.717, 1.165) is 0 Å². The van der Waals surface area contributed by atoms with Crippen LogP contribution in [0.5, 0.6) is 0 Å². The zero-order valence-corrected chi connectivity index (χ0v) is 10.9. The molecule has 1 fully saturated rings. The third-order valence-electron chi connectivity index (χ3n) is 2.87. The molecule has 17 heavy (non-hydrogen) atoms. The molecule has 1 aliphatic heterocycles. The van der Waals surface area contributed by atoms with Crippen LogP contribution in [-0.4, -0.2) is 40.3 Å². The van der Waals surface area contributed by atoms with Crippen molar-refractivity contribution in [1.82, 2.24) is 4.90 Å². The Morgan fingerprint density at radius 1 is 1.29 bits per heavy atom. The summed E-state index contributed by atoms with van der Waals surface area (Å²) >= 11 is 0. The maximum atomic E-state index is 11.8. The maximum absolute atomic E-state index is 11.8. The Kier molecular flexibility index (Phi) is 4.01. The Morgan fingerprint density at radius 2 is 1.88 bits per heavy atom. The molecule has 0 radical (unpaired) electrons. The number of carbonyl (C=O) groups is 2. The SMILES string of the molecule is CC1CCC(C(=O)OC(C)(C)C)CN1C(=O)O. The van der Waals surface area contributed by atoms with Crippen LogP contribution in [0, 0.1) is 5.92 Å². The summed E-state index contributed by atoms with van der Waals surface area (Å²) in [6, 6.07) is -0.0220. The number of ether oxygens (including phenoxy) is 1. The van der Waals surface area contributed by atoms with Crippen molar-refractivity contribution in [2.45, 2.75) is 52.2 Å². The van der Waals surface area contributed by atoms with Gasteiger partial charge in [0.05, 0.1) is 5.92 Å². The molecule has 5 heteroatoms. The highest BCUT2D eigenvalue weighted by atomic mass is 16.6. The van der Waals surface area contributed by atoms with Gasteiger partial charge >= 0.3 is 12.1 Å². The predicted molar refractivity (Wildman–Crippen MR) is 62.8 cm³/mol. The van der Waals surface area contributed by atoms with Gasteiger partial charge < -0.3 is 14.7 Å². The minimum absolute atomic E-state index is 0.0220. The normalized spacial score (nSPS) is 25.5. The molecular formula is C12H21NO4. The lowest BCUT2D eigenvalue weighted by Gasteiger charge is -2.35. The van der Waals surface area contributed by atoms with Crippen LogP contribution in [0.15, 0.2) is 0 Å². The molecule has 1 rings (SSSR count). The summed E-state index contributed by atoms with van der Waals surface area (Å²) in [6.45, 7) is 7.53. The van der Waals surface area contributed by atoms with Crippen molar-refractivity contribution < 1.29 is 19.4 Å². The van der Waals surface area contributed by atoms with Gasteiger partial charge in [0.15, 0.2) is 0 Å². The highest BCUT2D eigenvalue weighted by molar-refractivity contribution is 5.74. The molecule has 0 spiro atoms. The average Bonchev–Trinajstić information content (AvgIpc) is 2.14. The van der Waals surface area contributed by atoms with Crippen LogP contribution in [0.25, 0.3) is 0 Å². The highest BCUT2D eigenvalue weighted by Crippen LogP contribution is 2.24. The zero-order valence-electron chi connectivity index (χ0n) is 10.9. The number of carbonyl (C=O) groups excluding carboxylic acids is 1. The molecule has 5 nitrogen and oxygen atoms in total. The molecule has 0 bridgehead atoms. The Morgan fingerprint density at radius 3 is 2.35 bits per heavy atom. The first-order valence-electron chi connectivity index (χ1n) is 5.93. The van der Waals surface area contributed by atoms with Gasteiger partial charge in [-0.2, -0.15) is 0 Å². The van der Waals surface area contributed by atoms with Gasteiger partial charge in [-0.15, -0.1) is 0 Å². The number of amides is 1. The van der Waals surface area contributed by atoms with Crippen LogP contribution in [0.1, 0.15) is 40.5 Å². The summed E-state index contributed by atoms with van der Waals surface area (Å²) in [7, 11) is 0. The Bertz CT molecular complexity index is 308. The van der Waals surface area contributed by atoms with Crippen molar-refractivity contribution in [3.63, 3.8) is 0 Å². The number of nitrogens with zero attached hydrogens (tertiary/aromatic N) is 1. The van der Waals surface area contributed by atoms with Gasteiger partial charge in [0.1, 0.15) is 5.60 Å². The van der Waals surface area contributed by atoms with Crippen LogP contribution in [0.4, 0.5) is 4.79 Å². The van der Waals surface area contributed by atoms with E-state index in [2.05, 4.69) is 0 Å². The lowest BCUT2D eigenvalue weighted by molar-refractivity contribution is -0.161. The molecule has 0 aromatic heterocycles. The summed E-state index contributed by atoms with van der Waals surface area (Å²) in [6.07, 6.45) is 0.432. The summed E-state index contributed by atoms with van der Waals surface area (Å²) < 4.78 is 5.28. The Labute approximate surface area is 102 Å². The second-order valence-corrected chi connectivity index (χ2v) is 5.59. The molecule has 1 heterocycles. The predicted octanol–water partition coefficient (Wildman–Crippen LogP) is 2.11. The third-order valence-corrected chi connectivity index (χ3v) is 2.87. The fraction of sp³-hybridized carbons (Fsp3) is 0.833. The van der Waals surface area contributed by atoms with Crippen molar-refractivity contribution in [1.29, 1.82) is 0 Å². The van der Waals surface area contributed by atoms with Crippen LogP contribution in [0.2, 0.25) is 0 Å². The number of hydrogen-bond donors (Lipinski definition) is 1. The van der Waals surface area contributed by atoms with E-state index in [1.54, 1.807) is 0 Å². The van der Waals surface area contributed by atoms with Gasteiger partial charge in [-0.1, -0.05) is 0 Å². The van der Waals surface area contributed by atoms with E-state index in [9.17, 15) is 9.59 Å². The first kappa shape index (κ1) is 13.8. The van der Waals surface area contributed by atoms with Crippen LogP contribution >= 0.6 is 0 Å². The van der Waals surface area contributed by atoms with E-state index in [4.69, 9.17) is 9.84 Å².